The van der Waals surface area contributed by atoms with Crippen molar-refractivity contribution < 1.29 is 19.0 Å². The smallest absolute Gasteiger partial charge is 0.228 e. The molecule has 0 radical (unpaired) electrons. The normalized spacial score (nSPS) is 18.4. The van der Waals surface area contributed by atoms with Crippen molar-refractivity contribution in [2.24, 2.45) is 0 Å². The SMILES string of the molecule is CCOc1ccc(-c2cn3c(CC(=O)N4CCC5(CC4)OCCO5)csc3n2)cc1. The van der Waals surface area contributed by atoms with Crippen LogP contribution in [0.4, 0.5) is 0 Å². The quantitative estimate of drug-likeness (QED) is 0.625. The molecule has 2 aromatic heterocycles. The van der Waals surface area contributed by atoms with E-state index in [1.54, 1.807) is 11.3 Å². The number of hydrogen-bond donors (Lipinski definition) is 0. The van der Waals surface area contributed by atoms with Crippen LogP contribution in [-0.4, -0.2) is 58.9 Å². The third kappa shape index (κ3) is 3.71. The first-order chi connectivity index (χ1) is 14.7. The predicted octanol–water partition coefficient (Wildman–Crippen LogP) is 3.37. The van der Waals surface area contributed by atoms with Crippen molar-refractivity contribution in [1.29, 1.82) is 0 Å². The van der Waals surface area contributed by atoms with Gasteiger partial charge < -0.3 is 19.1 Å². The van der Waals surface area contributed by atoms with Crippen LogP contribution < -0.4 is 4.74 Å². The lowest BCUT2D eigenvalue weighted by molar-refractivity contribution is -0.187. The van der Waals surface area contributed by atoms with Gasteiger partial charge in [0.1, 0.15) is 5.75 Å². The van der Waals surface area contributed by atoms with E-state index in [1.165, 1.54) is 0 Å². The Labute approximate surface area is 179 Å². The summed E-state index contributed by atoms with van der Waals surface area (Å²) in [5.74, 6) is 0.535. The maximum atomic E-state index is 12.9. The maximum Gasteiger partial charge on any atom is 0.228 e. The molecule has 30 heavy (non-hydrogen) atoms. The average molecular weight is 428 g/mol. The van der Waals surface area contributed by atoms with Crippen LogP contribution in [0.5, 0.6) is 5.75 Å². The number of carbonyl (C=O) groups excluding carboxylic acids is 1. The van der Waals surface area contributed by atoms with Crippen LogP contribution in [0.25, 0.3) is 16.2 Å². The number of nitrogens with zero attached hydrogens (tertiary/aromatic N) is 3. The molecule has 0 aliphatic carbocycles. The largest absolute Gasteiger partial charge is 0.494 e. The zero-order valence-corrected chi connectivity index (χ0v) is 17.8. The first kappa shape index (κ1) is 19.5. The van der Waals surface area contributed by atoms with E-state index >= 15 is 0 Å². The third-order valence-electron chi connectivity index (χ3n) is 5.77. The summed E-state index contributed by atoms with van der Waals surface area (Å²) in [6.45, 7) is 5.27. The van der Waals surface area contributed by atoms with Gasteiger partial charge in [0.15, 0.2) is 10.7 Å². The minimum absolute atomic E-state index is 0.138. The molecular formula is C22H25N3O4S. The number of likely N-dealkylation sites (tertiary alicyclic amines) is 1. The molecule has 2 fully saturated rings. The van der Waals surface area contributed by atoms with Gasteiger partial charge in [-0.05, 0) is 31.2 Å². The maximum absolute atomic E-state index is 12.9. The number of thiazole rings is 1. The highest BCUT2D eigenvalue weighted by Crippen LogP contribution is 2.32. The fourth-order valence-electron chi connectivity index (χ4n) is 4.13. The molecule has 0 unspecified atom stereocenters. The Bertz CT molecular complexity index is 1030. The second kappa shape index (κ2) is 8.02. The van der Waals surface area contributed by atoms with E-state index in [0.29, 0.717) is 39.3 Å². The number of rotatable bonds is 5. The van der Waals surface area contributed by atoms with Gasteiger partial charge in [0.05, 0.1) is 31.9 Å². The van der Waals surface area contributed by atoms with E-state index in [9.17, 15) is 4.79 Å². The summed E-state index contributed by atoms with van der Waals surface area (Å²) < 4.78 is 19.1. The summed E-state index contributed by atoms with van der Waals surface area (Å²) >= 11 is 1.56. The molecule has 2 aliphatic heterocycles. The van der Waals surface area contributed by atoms with Crippen molar-refractivity contribution >= 4 is 22.2 Å². The molecule has 1 aromatic carbocycles. The standard InChI is InChI=1S/C22H25N3O4S/c1-2-27-18-5-3-16(4-6-18)19-14-25-17(15-30-21(25)23-19)13-20(26)24-9-7-22(8-10-24)28-11-12-29-22/h3-6,14-15H,2,7-13H2,1H3. The third-order valence-corrected chi connectivity index (χ3v) is 6.66. The molecule has 2 aliphatic rings. The Balaban J connectivity index is 1.28. The molecule has 1 spiro atoms. The van der Waals surface area contributed by atoms with Crippen molar-refractivity contribution in [3.05, 3.63) is 41.5 Å². The number of fused-ring (bicyclic) bond motifs is 1. The van der Waals surface area contributed by atoms with Crippen LogP contribution in [0.1, 0.15) is 25.5 Å². The molecule has 0 bridgehead atoms. The zero-order valence-electron chi connectivity index (χ0n) is 17.0. The van der Waals surface area contributed by atoms with Crippen LogP contribution in [0.15, 0.2) is 35.8 Å². The Kier molecular flexibility index (Phi) is 5.22. The Morgan fingerprint density at radius 1 is 1.20 bits per heavy atom. The van der Waals surface area contributed by atoms with Gasteiger partial charge >= 0.3 is 0 Å². The summed E-state index contributed by atoms with van der Waals surface area (Å²) in [7, 11) is 0. The van der Waals surface area contributed by atoms with Crippen LogP contribution in [0.2, 0.25) is 0 Å². The second-order valence-corrected chi connectivity index (χ2v) is 8.46. The second-order valence-electron chi connectivity index (χ2n) is 7.63. The van der Waals surface area contributed by atoms with E-state index in [0.717, 1.165) is 40.5 Å². The molecule has 7 nitrogen and oxygen atoms in total. The van der Waals surface area contributed by atoms with E-state index in [-0.39, 0.29) is 5.91 Å². The highest BCUT2D eigenvalue weighted by atomic mass is 32.1. The Morgan fingerprint density at radius 3 is 2.63 bits per heavy atom. The number of benzene rings is 1. The Morgan fingerprint density at radius 2 is 1.93 bits per heavy atom. The molecular weight excluding hydrogens is 402 g/mol. The monoisotopic (exact) mass is 427 g/mol. The molecule has 8 heteroatoms. The van der Waals surface area contributed by atoms with Gasteiger partial charge in [0.2, 0.25) is 5.91 Å². The number of ether oxygens (including phenoxy) is 3. The summed E-state index contributed by atoms with van der Waals surface area (Å²) in [5.41, 5.74) is 2.90. The van der Waals surface area contributed by atoms with Gasteiger partial charge in [-0.1, -0.05) is 0 Å². The fraction of sp³-hybridized carbons (Fsp3) is 0.455. The Hall–Kier alpha value is -2.42. The van der Waals surface area contributed by atoms with Gasteiger partial charge in [-0.15, -0.1) is 11.3 Å². The number of amides is 1. The van der Waals surface area contributed by atoms with Crippen molar-refractivity contribution in [1.82, 2.24) is 14.3 Å². The van der Waals surface area contributed by atoms with E-state index < -0.39 is 5.79 Å². The van der Waals surface area contributed by atoms with Crippen LogP contribution >= 0.6 is 11.3 Å². The molecule has 0 saturated carbocycles. The topological polar surface area (TPSA) is 65.3 Å². The van der Waals surface area contributed by atoms with E-state index in [1.807, 2.05) is 52.1 Å². The minimum Gasteiger partial charge on any atom is -0.494 e. The number of hydrogen-bond acceptors (Lipinski definition) is 6. The molecule has 2 saturated heterocycles. The lowest BCUT2D eigenvalue weighted by Crippen LogP contribution is -2.47. The zero-order chi connectivity index (χ0) is 20.6. The number of aromatic nitrogens is 2. The summed E-state index contributed by atoms with van der Waals surface area (Å²) in [5, 5.41) is 2.02. The molecule has 0 N–H and O–H groups in total. The van der Waals surface area contributed by atoms with Crippen LogP contribution in [0.3, 0.4) is 0 Å². The van der Waals surface area contributed by atoms with Crippen LogP contribution in [0, 0.1) is 0 Å². The first-order valence-electron chi connectivity index (χ1n) is 10.4. The number of piperidine rings is 1. The highest BCUT2D eigenvalue weighted by molar-refractivity contribution is 7.15. The number of carbonyl (C=O) groups is 1. The van der Waals surface area contributed by atoms with Gasteiger partial charge in [-0.25, -0.2) is 4.98 Å². The van der Waals surface area contributed by atoms with Gasteiger partial charge in [-0.3, -0.25) is 9.20 Å². The average Bonchev–Trinajstić information content (AvgIpc) is 3.47. The first-order valence-corrected chi connectivity index (χ1v) is 11.3. The molecule has 1 amide bonds. The highest BCUT2D eigenvalue weighted by Gasteiger charge is 2.40. The minimum atomic E-state index is -0.455. The van der Waals surface area contributed by atoms with Crippen molar-refractivity contribution in [2.45, 2.75) is 32.0 Å². The van der Waals surface area contributed by atoms with Crippen LogP contribution in [-0.2, 0) is 20.7 Å². The summed E-state index contributed by atoms with van der Waals surface area (Å²) in [4.78, 5) is 20.4. The van der Waals surface area contributed by atoms with E-state index in [2.05, 4.69) is 0 Å². The summed E-state index contributed by atoms with van der Waals surface area (Å²) in [6, 6.07) is 7.94. The molecule has 3 aromatic rings. The lowest BCUT2D eigenvalue weighted by Gasteiger charge is -2.37. The van der Waals surface area contributed by atoms with Crippen molar-refractivity contribution in [2.75, 3.05) is 32.9 Å². The van der Waals surface area contributed by atoms with E-state index in [4.69, 9.17) is 19.2 Å². The van der Waals surface area contributed by atoms with Gasteiger partial charge in [0, 0.05) is 48.8 Å². The molecule has 5 rings (SSSR count). The fourth-order valence-corrected chi connectivity index (χ4v) is 5.01. The molecule has 158 valence electrons. The van der Waals surface area contributed by atoms with Crippen molar-refractivity contribution in [3.63, 3.8) is 0 Å². The lowest BCUT2D eigenvalue weighted by atomic mass is 10.0. The van der Waals surface area contributed by atoms with Gasteiger partial charge in [-0.2, -0.15) is 0 Å². The molecule has 0 atom stereocenters. The van der Waals surface area contributed by atoms with Crippen molar-refractivity contribution in [3.8, 4) is 17.0 Å². The molecule has 4 heterocycles. The summed E-state index contributed by atoms with van der Waals surface area (Å²) in [6.07, 6.45) is 3.86. The predicted molar refractivity (Wildman–Crippen MR) is 114 cm³/mol. The number of imidazole rings is 1. The van der Waals surface area contributed by atoms with Gasteiger partial charge in [0.25, 0.3) is 0 Å².